The summed E-state index contributed by atoms with van der Waals surface area (Å²) in [7, 11) is 0. The topological polar surface area (TPSA) is 39.1 Å². The van der Waals surface area contributed by atoms with Gasteiger partial charge in [0.15, 0.2) is 0 Å². The largest absolute Gasteiger partial charge is 0.366 e. The molecule has 19 heavy (non-hydrogen) atoms. The van der Waals surface area contributed by atoms with Crippen molar-refractivity contribution >= 4 is 21.6 Å². The van der Waals surface area contributed by atoms with E-state index < -0.39 is 0 Å². The van der Waals surface area contributed by atoms with E-state index in [0.29, 0.717) is 12.1 Å². The van der Waals surface area contributed by atoms with Gasteiger partial charge < -0.3 is 10.2 Å². The van der Waals surface area contributed by atoms with Gasteiger partial charge in [-0.25, -0.2) is 0 Å². The minimum absolute atomic E-state index is 0.385. The van der Waals surface area contributed by atoms with Crippen molar-refractivity contribution in [1.82, 2.24) is 5.32 Å². The molecule has 1 heterocycles. The summed E-state index contributed by atoms with van der Waals surface area (Å²) in [5.41, 5.74) is 1.77. The Bertz CT molecular complexity index is 473. The van der Waals surface area contributed by atoms with E-state index in [9.17, 15) is 5.26 Å². The quantitative estimate of drug-likeness (QED) is 0.924. The van der Waals surface area contributed by atoms with Gasteiger partial charge in [-0.3, -0.25) is 0 Å². The molecule has 0 saturated carbocycles. The molecule has 3 nitrogen and oxygen atoms in total. The van der Waals surface area contributed by atoms with Gasteiger partial charge in [-0.2, -0.15) is 5.26 Å². The molecule has 1 aliphatic heterocycles. The monoisotopic (exact) mass is 321 g/mol. The maximum atomic E-state index is 9.32. The molecular weight excluding hydrogens is 302 g/mol. The smallest absolute Gasteiger partial charge is 0.101 e. The Morgan fingerprint density at radius 2 is 2.32 bits per heavy atom. The van der Waals surface area contributed by atoms with Crippen molar-refractivity contribution in [2.24, 2.45) is 0 Å². The van der Waals surface area contributed by atoms with Crippen LogP contribution in [0.1, 0.15) is 32.3 Å². The van der Waals surface area contributed by atoms with E-state index in [1.165, 1.54) is 12.8 Å². The molecule has 1 fully saturated rings. The van der Waals surface area contributed by atoms with Crippen molar-refractivity contribution in [1.29, 1.82) is 5.26 Å². The molecule has 4 heteroatoms. The molecule has 102 valence electrons. The van der Waals surface area contributed by atoms with Crippen LogP contribution >= 0.6 is 15.9 Å². The first-order chi connectivity index (χ1) is 9.11. The lowest BCUT2D eigenvalue weighted by molar-refractivity contribution is 0.552. The maximum absolute atomic E-state index is 9.32. The van der Waals surface area contributed by atoms with E-state index in [2.05, 4.69) is 46.1 Å². The van der Waals surface area contributed by atoms with E-state index in [0.717, 1.165) is 28.8 Å². The predicted octanol–water partition coefficient (Wildman–Crippen LogP) is 3.29. The Morgan fingerprint density at radius 3 is 2.89 bits per heavy atom. The van der Waals surface area contributed by atoms with E-state index in [4.69, 9.17) is 0 Å². The summed E-state index contributed by atoms with van der Waals surface area (Å²) in [6.07, 6.45) is 2.48. The molecular formula is C15H20BrN3. The summed E-state index contributed by atoms with van der Waals surface area (Å²) < 4.78 is 0.954. The average molecular weight is 322 g/mol. The van der Waals surface area contributed by atoms with E-state index >= 15 is 0 Å². The summed E-state index contributed by atoms with van der Waals surface area (Å²) in [6, 6.07) is 9.17. The molecule has 1 aromatic rings. The zero-order chi connectivity index (χ0) is 13.8. The van der Waals surface area contributed by atoms with Crippen LogP contribution < -0.4 is 10.2 Å². The molecule has 0 spiro atoms. The number of benzene rings is 1. The molecule has 0 radical (unpaired) electrons. The van der Waals surface area contributed by atoms with Gasteiger partial charge in [-0.15, -0.1) is 0 Å². The fourth-order valence-electron chi connectivity index (χ4n) is 2.59. The van der Waals surface area contributed by atoms with Gasteiger partial charge in [0.25, 0.3) is 0 Å². The molecule has 0 aliphatic carbocycles. The van der Waals surface area contributed by atoms with Crippen molar-refractivity contribution < 1.29 is 0 Å². The van der Waals surface area contributed by atoms with E-state index in [-0.39, 0.29) is 0 Å². The van der Waals surface area contributed by atoms with Crippen LogP contribution in [-0.2, 0) is 0 Å². The molecule has 1 saturated heterocycles. The fraction of sp³-hybridized carbons (Fsp3) is 0.533. The van der Waals surface area contributed by atoms with Crippen LogP contribution in [0.2, 0.25) is 0 Å². The number of hydrogen-bond acceptors (Lipinski definition) is 3. The van der Waals surface area contributed by atoms with Crippen molar-refractivity contribution in [2.45, 2.75) is 38.8 Å². The van der Waals surface area contributed by atoms with Gasteiger partial charge in [-0.1, -0.05) is 15.9 Å². The van der Waals surface area contributed by atoms with Crippen LogP contribution in [0.4, 0.5) is 5.69 Å². The predicted molar refractivity (Wildman–Crippen MR) is 82.4 cm³/mol. The highest BCUT2D eigenvalue weighted by Crippen LogP contribution is 2.26. The van der Waals surface area contributed by atoms with Gasteiger partial charge in [0, 0.05) is 23.1 Å². The summed E-state index contributed by atoms with van der Waals surface area (Å²) in [5, 5.41) is 12.8. The van der Waals surface area contributed by atoms with Gasteiger partial charge in [-0.05, 0) is 51.4 Å². The third-order valence-electron chi connectivity index (χ3n) is 3.59. The Kier molecular flexibility index (Phi) is 4.84. The molecule has 1 aromatic carbocycles. The second-order valence-electron chi connectivity index (χ2n) is 5.31. The van der Waals surface area contributed by atoms with Gasteiger partial charge >= 0.3 is 0 Å². The zero-order valence-electron chi connectivity index (χ0n) is 11.5. The second kappa shape index (κ2) is 6.40. The van der Waals surface area contributed by atoms with E-state index in [1.54, 1.807) is 0 Å². The number of hydrogen-bond donors (Lipinski definition) is 1. The number of halogens is 1. The van der Waals surface area contributed by atoms with Gasteiger partial charge in [0.2, 0.25) is 0 Å². The van der Waals surface area contributed by atoms with Gasteiger partial charge in [0.1, 0.15) is 6.07 Å². The molecule has 1 N–H and O–H groups in total. The Hall–Kier alpha value is -1.05. The highest BCUT2D eigenvalue weighted by molar-refractivity contribution is 9.10. The number of rotatable bonds is 4. The molecule has 1 unspecified atom stereocenters. The Balaban J connectivity index is 2.25. The van der Waals surface area contributed by atoms with Crippen molar-refractivity contribution in [2.75, 3.05) is 18.0 Å². The lowest BCUT2D eigenvalue weighted by atomic mass is 10.1. The number of anilines is 1. The van der Waals surface area contributed by atoms with Gasteiger partial charge in [0.05, 0.1) is 11.3 Å². The lowest BCUT2D eigenvalue weighted by Crippen LogP contribution is -2.41. The Morgan fingerprint density at radius 1 is 1.53 bits per heavy atom. The standard InChI is InChI=1S/C15H20BrN3/c1-11(2)19(10-14-4-3-7-18-14)15-6-5-13(16)8-12(15)9-17/h5-6,8,11,14,18H,3-4,7,10H2,1-2H3. The molecule has 1 aliphatic rings. The molecule has 1 atom stereocenters. The highest BCUT2D eigenvalue weighted by Gasteiger charge is 2.21. The SMILES string of the molecule is CC(C)N(CC1CCCN1)c1ccc(Br)cc1C#N. The second-order valence-corrected chi connectivity index (χ2v) is 6.23. The van der Waals surface area contributed by atoms with Crippen molar-refractivity contribution in [3.05, 3.63) is 28.2 Å². The molecule has 2 rings (SSSR count). The normalized spacial score (nSPS) is 18.6. The number of nitrogens with zero attached hydrogens (tertiary/aromatic N) is 2. The van der Waals surface area contributed by atoms with Crippen molar-refractivity contribution in [3.8, 4) is 6.07 Å². The highest BCUT2D eigenvalue weighted by atomic mass is 79.9. The minimum Gasteiger partial charge on any atom is -0.366 e. The number of nitriles is 1. The third kappa shape index (κ3) is 3.49. The summed E-state index contributed by atoms with van der Waals surface area (Å²) in [5.74, 6) is 0. The van der Waals surface area contributed by atoms with Crippen LogP contribution in [0.25, 0.3) is 0 Å². The molecule has 0 amide bonds. The third-order valence-corrected chi connectivity index (χ3v) is 4.08. The van der Waals surface area contributed by atoms with Crippen LogP contribution in [0, 0.1) is 11.3 Å². The average Bonchev–Trinajstić information content (AvgIpc) is 2.89. The molecule has 0 aromatic heterocycles. The minimum atomic E-state index is 0.385. The first-order valence-electron chi connectivity index (χ1n) is 6.81. The first-order valence-corrected chi connectivity index (χ1v) is 7.61. The van der Waals surface area contributed by atoms with E-state index in [1.807, 2.05) is 18.2 Å². The summed E-state index contributed by atoms with van der Waals surface area (Å²) in [6.45, 7) is 6.44. The lowest BCUT2D eigenvalue weighted by Gasteiger charge is -2.32. The maximum Gasteiger partial charge on any atom is 0.101 e. The summed E-state index contributed by atoms with van der Waals surface area (Å²) >= 11 is 3.43. The van der Waals surface area contributed by atoms with Crippen LogP contribution in [0.15, 0.2) is 22.7 Å². The van der Waals surface area contributed by atoms with Crippen molar-refractivity contribution in [3.63, 3.8) is 0 Å². The zero-order valence-corrected chi connectivity index (χ0v) is 13.1. The number of nitrogens with one attached hydrogen (secondary N) is 1. The Labute approximate surface area is 123 Å². The van der Waals surface area contributed by atoms with Crippen LogP contribution in [0.3, 0.4) is 0 Å². The first kappa shape index (κ1) is 14.4. The summed E-state index contributed by atoms with van der Waals surface area (Å²) in [4.78, 5) is 2.33. The molecule has 0 bridgehead atoms. The van der Waals surface area contributed by atoms with Crippen LogP contribution in [0.5, 0.6) is 0 Å². The fourth-order valence-corrected chi connectivity index (χ4v) is 2.95. The van der Waals surface area contributed by atoms with Crippen LogP contribution in [-0.4, -0.2) is 25.2 Å².